The lowest BCUT2D eigenvalue weighted by atomic mass is 10.1. The molecule has 200 valence electrons. The highest BCUT2D eigenvalue weighted by molar-refractivity contribution is 5.69. The molecule has 0 aliphatic carbocycles. The third-order valence-electron chi connectivity index (χ3n) is 6.31. The minimum atomic E-state index is -1.16. The molecule has 1 heterocycles. The zero-order valence-electron chi connectivity index (χ0n) is 20.7. The van der Waals surface area contributed by atoms with Crippen LogP contribution in [0.1, 0.15) is 96.3 Å². The Labute approximate surface area is 205 Å². The number of hydrogen-bond acceptors (Lipinski definition) is 8. The molecule has 0 aromatic rings. The van der Waals surface area contributed by atoms with Gasteiger partial charge in [0.1, 0.15) is 18.3 Å². The van der Waals surface area contributed by atoms with Gasteiger partial charge in [0.2, 0.25) is 0 Å². The van der Waals surface area contributed by atoms with Gasteiger partial charge in [-0.3, -0.25) is 4.79 Å². The summed E-state index contributed by atoms with van der Waals surface area (Å²) < 4.78 is 10.4. The van der Waals surface area contributed by atoms with E-state index in [2.05, 4.69) is 12.2 Å². The van der Waals surface area contributed by atoms with Gasteiger partial charge in [-0.25, -0.2) is 0 Å². The van der Waals surface area contributed by atoms with Gasteiger partial charge in [-0.1, -0.05) is 63.5 Å². The summed E-state index contributed by atoms with van der Waals surface area (Å²) in [4.78, 5) is 12.0. The minimum Gasteiger partial charge on any atom is -0.457 e. The Bertz CT molecular complexity index is 527. The summed E-state index contributed by atoms with van der Waals surface area (Å²) in [6, 6.07) is 0. The molecule has 1 aliphatic heterocycles. The number of unbranched alkanes of at least 4 members (excludes halogenated alkanes) is 11. The number of ether oxygens (including phenoxy) is 2. The molecule has 1 rings (SSSR count). The largest absolute Gasteiger partial charge is 0.457 e. The number of rotatable bonds is 21. The molecule has 0 radical (unpaired) electrons. The fourth-order valence-electron chi connectivity index (χ4n) is 4.13. The third-order valence-corrected chi connectivity index (χ3v) is 6.31. The first-order chi connectivity index (χ1) is 16.5. The predicted octanol–water partition coefficient (Wildman–Crippen LogP) is 2.77. The molecular formula is C26H48O8. The van der Waals surface area contributed by atoms with E-state index >= 15 is 0 Å². The lowest BCUT2D eigenvalue weighted by Gasteiger charge is -2.24. The lowest BCUT2D eigenvalue weighted by Crippen LogP contribution is -2.43. The van der Waals surface area contributed by atoms with E-state index in [1.165, 1.54) is 25.7 Å². The molecule has 0 spiro atoms. The second kappa shape index (κ2) is 20.2. The summed E-state index contributed by atoms with van der Waals surface area (Å²) in [7, 11) is 0. The highest BCUT2D eigenvalue weighted by Gasteiger charge is 2.41. The number of carbonyl (C=O) groups excluding carboxylic acids is 1. The fraction of sp³-hybridized carbons (Fsp3) is 0.885. The van der Waals surface area contributed by atoms with Crippen LogP contribution in [0.15, 0.2) is 12.2 Å². The van der Waals surface area contributed by atoms with Crippen molar-refractivity contribution in [3.8, 4) is 0 Å². The van der Waals surface area contributed by atoms with E-state index in [0.717, 1.165) is 57.8 Å². The topological polar surface area (TPSA) is 137 Å². The smallest absolute Gasteiger partial charge is 0.306 e. The Kier molecular flexibility index (Phi) is 18.4. The Hall–Kier alpha value is -1.03. The molecule has 0 bridgehead atoms. The van der Waals surface area contributed by atoms with Crippen LogP contribution in [0.5, 0.6) is 0 Å². The molecule has 8 heteroatoms. The quantitative estimate of drug-likeness (QED) is 0.0945. The molecule has 0 aromatic heterocycles. The number of esters is 1. The van der Waals surface area contributed by atoms with Gasteiger partial charge < -0.3 is 35.0 Å². The average Bonchev–Trinajstić information content (AvgIpc) is 3.17. The summed E-state index contributed by atoms with van der Waals surface area (Å²) in [6.07, 6.45) is 15.2. The van der Waals surface area contributed by atoms with E-state index in [1.807, 2.05) is 0 Å². The number of carbonyl (C=O) groups is 1. The van der Waals surface area contributed by atoms with E-state index in [9.17, 15) is 25.2 Å². The van der Waals surface area contributed by atoms with Gasteiger partial charge in [-0.05, 0) is 38.5 Å². The Balaban J connectivity index is 1.89. The molecular weight excluding hydrogens is 440 g/mol. The first-order valence-corrected chi connectivity index (χ1v) is 13.2. The Morgan fingerprint density at radius 1 is 0.853 bits per heavy atom. The lowest BCUT2D eigenvalue weighted by molar-refractivity contribution is -0.162. The van der Waals surface area contributed by atoms with Crippen molar-refractivity contribution >= 4 is 5.97 Å². The van der Waals surface area contributed by atoms with Crippen molar-refractivity contribution < 1.29 is 39.8 Å². The monoisotopic (exact) mass is 488 g/mol. The molecule has 0 saturated carbocycles. The van der Waals surface area contributed by atoms with E-state index in [-0.39, 0.29) is 19.6 Å². The Morgan fingerprint density at radius 3 is 1.94 bits per heavy atom. The van der Waals surface area contributed by atoms with Crippen LogP contribution < -0.4 is 0 Å². The summed E-state index contributed by atoms with van der Waals surface area (Å²) in [6.45, 7) is -0.617. The first kappa shape index (κ1) is 31.0. The highest BCUT2D eigenvalue weighted by atomic mass is 16.6. The molecule has 0 aromatic carbocycles. The highest BCUT2D eigenvalue weighted by Crippen LogP contribution is 2.20. The normalized spacial score (nSPS) is 22.3. The van der Waals surface area contributed by atoms with Gasteiger partial charge in [0.25, 0.3) is 0 Å². The predicted molar refractivity (Wildman–Crippen MR) is 130 cm³/mol. The first-order valence-electron chi connectivity index (χ1n) is 13.2. The number of aliphatic hydroxyl groups is 5. The van der Waals surface area contributed by atoms with Crippen molar-refractivity contribution in [3.05, 3.63) is 12.2 Å². The second-order valence-corrected chi connectivity index (χ2v) is 9.38. The van der Waals surface area contributed by atoms with Crippen LogP contribution >= 0.6 is 0 Å². The number of aliphatic hydroxyl groups excluding tert-OH is 5. The molecule has 0 unspecified atom stereocenters. The standard InChI is InChI=1S/C26H48O8/c27-18-21(29)16-14-12-10-8-6-4-2-1-3-5-7-9-11-13-15-17-24(31)34-23(19-28)26-25(32)22(30)20-33-26/h1,3,21-23,25-30,32H,2,4-20H2/t21-,22+,23-,25-,26-/m1/s1. The van der Waals surface area contributed by atoms with Crippen molar-refractivity contribution in [3.63, 3.8) is 0 Å². The maximum absolute atomic E-state index is 12.0. The fourth-order valence-corrected chi connectivity index (χ4v) is 4.13. The second-order valence-electron chi connectivity index (χ2n) is 9.38. The van der Waals surface area contributed by atoms with Crippen LogP contribution in [0.25, 0.3) is 0 Å². The van der Waals surface area contributed by atoms with Crippen LogP contribution in [0, 0.1) is 0 Å². The Morgan fingerprint density at radius 2 is 1.41 bits per heavy atom. The van der Waals surface area contributed by atoms with Crippen LogP contribution in [-0.2, 0) is 14.3 Å². The number of allylic oxidation sites excluding steroid dienone is 2. The van der Waals surface area contributed by atoms with Gasteiger partial charge in [0, 0.05) is 6.42 Å². The van der Waals surface area contributed by atoms with Gasteiger partial charge in [0.05, 0.1) is 25.9 Å². The summed E-state index contributed by atoms with van der Waals surface area (Å²) in [5, 5.41) is 46.8. The van der Waals surface area contributed by atoms with Crippen LogP contribution in [0.3, 0.4) is 0 Å². The van der Waals surface area contributed by atoms with Crippen molar-refractivity contribution in [2.45, 2.75) is 127 Å². The van der Waals surface area contributed by atoms with E-state index in [1.54, 1.807) is 0 Å². The van der Waals surface area contributed by atoms with Gasteiger partial charge >= 0.3 is 5.97 Å². The molecule has 1 aliphatic rings. The van der Waals surface area contributed by atoms with Crippen LogP contribution in [-0.4, -0.2) is 81.8 Å². The molecule has 8 nitrogen and oxygen atoms in total. The van der Waals surface area contributed by atoms with Crippen LogP contribution in [0.4, 0.5) is 0 Å². The molecule has 0 amide bonds. The van der Waals surface area contributed by atoms with Gasteiger partial charge in [-0.15, -0.1) is 0 Å². The van der Waals surface area contributed by atoms with Crippen LogP contribution in [0.2, 0.25) is 0 Å². The van der Waals surface area contributed by atoms with E-state index in [0.29, 0.717) is 6.42 Å². The van der Waals surface area contributed by atoms with Crippen molar-refractivity contribution in [2.75, 3.05) is 19.8 Å². The summed E-state index contributed by atoms with van der Waals surface area (Å²) in [5.74, 6) is -0.417. The zero-order valence-corrected chi connectivity index (χ0v) is 20.7. The van der Waals surface area contributed by atoms with Gasteiger partial charge in [-0.2, -0.15) is 0 Å². The maximum atomic E-state index is 12.0. The molecule has 1 saturated heterocycles. The maximum Gasteiger partial charge on any atom is 0.306 e. The molecule has 5 atom stereocenters. The van der Waals surface area contributed by atoms with Crippen molar-refractivity contribution in [2.24, 2.45) is 0 Å². The number of hydrogen-bond donors (Lipinski definition) is 5. The van der Waals surface area contributed by atoms with Crippen molar-refractivity contribution in [1.29, 1.82) is 0 Å². The van der Waals surface area contributed by atoms with Crippen molar-refractivity contribution in [1.82, 2.24) is 0 Å². The van der Waals surface area contributed by atoms with E-state index in [4.69, 9.17) is 14.6 Å². The third kappa shape index (κ3) is 14.4. The average molecular weight is 489 g/mol. The molecule has 5 N–H and O–H groups in total. The SMILES string of the molecule is O=C(CCCCCCCC=CCCCCCCCC[C@@H](O)CO)O[C@H](CO)[C@H]1OC[C@H](O)[C@H]1O. The zero-order chi connectivity index (χ0) is 25.0. The van der Waals surface area contributed by atoms with Gasteiger partial charge in [0.15, 0.2) is 6.10 Å². The minimum absolute atomic E-state index is 0.0323. The summed E-state index contributed by atoms with van der Waals surface area (Å²) >= 11 is 0. The summed E-state index contributed by atoms with van der Waals surface area (Å²) in [5.41, 5.74) is 0. The molecule has 1 fully saturated rings. The van der Waals surface area contributed by atoms with E-state index < -0.39 is 43.1 Å². The molecule has 34 heavy (non-hydrogen) atoms.